The molecule has 0 spiro atoms. The van der Waals surface area contributed by atoms with E-state index in [9.17, 15) is 14.3 Å². The summed E-state index contributed by atoms with van der Waals surface area (Å²) in [6.07, 6.45) is 0.268. The molecule has 0 saturated carbocycles. The first-order valence-corrected chi connectivity index (χ1v) is 8.24. The lowest BCUT2D eigenvalue weighted by molar-refractivity contribution is 0.0701. The molecule has 3 aliphatic heterocycles. The van der Waals surface area contributed by atoms with E-state index in [2.05, 4.69) is 0 Å². The first kappa shape index (κ1) is 15.7. The van der Waals surface area contributed by atoms with Gasteiger partial charge in [0.05, 0.1) is 25.4 Å². The molecule has 7 heteroatoms. The molecule has 2 fully saturated rings. The Morgan fingerprint density at radius 2 is 2.25 bits per heavy atom. The van der Waals surface area contributed by atoms with E-state index >= 15 is 0 Å². The maximum absolute atomic E-state index is 14.7. The van der Waals surface area contributed by atoms with Crippen molar-refractivity contribution >= 4 is 5.91 Å². The van der Waals surface area contributed by atoms with Crippen LogP contribution < -0.4 is 9.47 Å². The van der Waals surface area contributed by atoms with Crippen LogP contribution >= 0.6 is 0 Å². The smallest absolute Gasteiger partial charge is 0.261 e. The summed E-state index contributed by atoms with van der Waals surface area (Å²) in [6.45, 7) is 3.07. The van der Waals surface area contributed by atoms with E-state index in [1.165, 1.54) is 0 Å². The van der Waals surface area contributed by atoms with E-state index in [0.29, 0.717) is 37.4 Å². The normalized spacial score (nSPS) is 29.0. The minimum Gasteiger partial charge on any atom is -0.490 e. The fourth-order valence-corrected chi connectivity index (χ4v) is 3.56. The summed E-state index contributed by atoms with van der Waals surface area (Å²) in [7, 11) is 0. The number of carbonyl (C=O) groups excluding carboxylic acids is 1. The summed E-state index contributed by atoms with van der Waals surface area (Å²) in [6, 6.07) is 1.34. The zero-order chi connectivity index (χ0) is 16.8. The first-order chi connectivity index (χ1) is 11.5. The molecule has 0 aliphatic carbocycles. The topological polar surface area (TPSA) is 68.2 Å². The van der Waals surface area contributed by atoms with Crippen LogP contribution in [0, 0.1) is 12.7 Å². The first-order valence-electron chi connectivity index (χ1n) is 8.24. The number of benzene rings is 1. The van der Waals surface area contributed by atoms with E-state index in [1.807, 2.05) is 0 Å². The van der Waals surface area contributed by atoms with E-state index in [1.54, 1.807) is 17.9 Å². The Morgan fingerprint density at radius 3 is 3.00 bits per heavy atom. The number of carbonyl (C=O) groups is 1. The summed E-state index contributed by atoms with van der Waals surface area (Å²) in [5.41, 5.74) is 0.485. The van der Waals surface area contributed by atoms with Gasteiger partial charge in [0.15, 0.2) is 11.6 Å². The van der Waals surface area contributed by atoms with Gasteiger partial charge in [0, 0.05) is 13.0 Å². The molecule has 6 nitrogen and oxygen atoms in total. The van der Waals surface area contributed by atoms with Crippen molar-refractivity contribution in [2.45, 2.75) is 38.0 Å². The number of hydrogen-bond donors (Lipinski definition) is 1. The predicted octanol–water partition coefficient (Wildman–Crippen LogP) is 1.27. The van der Waals surface area contributed by atoms with Gasteiger partial charge in [-0.3, -0.25) is 4.79 Å². The monoisotopic (exact) mass is 337 g/mol. The second kappa shape index (κ2) is 5.89. The van der Waals surface area contributed by atoms with Crippen LogP contribution in [0.5, 0.6) is 11.5 Å². The molecule has 3 atom stereocenters. The minimum absolute atomic E-state index is 0.0625. The molecule has 24 heavy (non-hydrogen) atoms. The highest BCUT2D eigenvalue weighted by molar-refractivity contribution is 6.00. The lowest BCUT2D eigenvalue weighted by atomic mass is 10.1. The summed E-state index contributed by atoms with van der Waals surface area (Å²) in [5.74, 6) is -0.614. The fraction of sp³-hybridized carbons (Fsp3) is 0.588. The molecule has 0 radical (unpaired) electrons. The van der Waals surface area contributed by atoms with Crippen LogP contribution in [0.3, 0.4) is 0 Å². The molecule has 3 heterocycles. The molecule has 130 valence electrons. The van der Waals surface area contributed by atoms with E-state index < -0.39 is 11.9 Å². The molecule has 4 rings (SSSR count). The Hall–Kier alpha value is -1.86. The molecule has 1 aromatic rings. The van der Waals surface area contributed by atoms with Crippen molar-refractivity contribution < 1.29 is 28.5 Å². The quantitative estimate of drug-likeness (QED) is 0.880. The van der Waals surface area contributed by atoms with Gasteiger partial charge in [-0.1, -0.05) is 0 Å². The molecule has 3 aliphatic rings. The third-order valence-corrected chi connectivity index (χ3v) is 4.84. The molecular formula is C17H20FNO5. The average molecular weight is 337 g/mol. The van der Waals surface area contributed by atoms with Gasteiger partial charge in [-0.05, 0) is 25.0 Å². The zero-order valence-electron chi connectivity index (χ0n) is 13.5. The van der Waals surface area contributed by atoms with Gasteiger partial charge in [0.25, 0.3) is 5.91 Å². The summed E-state index contributed by atoms with van der Waals surface area (Å²) < 4.78 is 31.6. The highest BCUT2D eigenvalue weighted by Gasteiger charge is 2.41. The van der Waals surface area contributed by atoms with E-state index in [4.69, 9.17) is 14.2 Å². The fourth-order valence-electron chi connectivity index (χ4n) is 3.56. The molecule has 1 amide bonds. The Morgan fingerprint density at radius 1 is 1.42 bits per heavy atom. The number of nitrogens with zero attached hydrogens (tertiary/aromatic N) is 1. The van der Waals surface area contributed by atoms with Crippen molar-refractivity contribution in [1.82, 2.24) is 4.90 Å². The van der Waals surface area contributed by atoms with Gasteiger partial charge in [0.2, 0.25) is 0 Å². The molecule has 0 unspecified atom stereocenters. The molecule has 2 saturated heterocycles. The molecular weight excluding hydrogens is 317 g/mol. The third-order valence-electron chi connectivity index (χ3n) is 4.84. The number of fused-ring (bicyclic) bond motifs is 2. The lowest BCUT2D eigenvalue weighted by Crippen LogP contribution is -2.37. The third kappa shape index (κ3) is 2.52. The van der Waals surface area contributed by atoms with Gasteiger partial charge in [-0.2, -0.15) is 0 Å². The Labute approximate surface area is 139 Å². The second-order valence-corrected chi connectivity index (χ2v) is 6.63. The largest absolute Gasteiger partial charge is 0.490 e. The lowest BCUT2D eigenvalue weighted by Gasteiger charge is -2.22. The number of halogens is 1. The number of aliphatic hydroxyl groups excluding tert-OH is 1. The summed E-state index contributed by atoms with van der Waals surface area (Å²) in [5, 5.41) is 9.84. The summed E-state index contributed by atoms with van der Waals surface area (Å²) in [4.78, 5) is 14.5. The summed E-state index contributed by atoms with van der Waals surface area (Å²) >= 11 is 0. The van der Waals surface area contributed by atoms with Gasteiger partial charge < -0.3 is 24.2 Å². The van der Waals surface area contributed by atoms with Crippen molar-refractivity contribution in [3.05, 3.63) is 23.0 Å². The van der Waals surface area contributed by atoms with Crippen molar-refractivity contribution in [3.8, 4) is 11.5 Å². The Bertz CT molecular complexity index is 673. The molecule has 1 N–H and O–H groups in total. The van der Waals surface area contributed by atoms with Crippen molar-refractivity contribution in [3.63, 3.8) is 0 Å². The highest BCUT2D eigenvalue weighted by atomic mass is 19.1. The number of aliphatic hydroxyl groups is 1. The average Bonchev–Trinajstić information content (AvgIpc) is 3.16. The van der Waals surface area contributed by atoms with Crippen LogP contribution in [0.1, 0.15) is 28.8 Å². The minimum atomic E-state index is -0.577. The maximum atomic E-state index is 14.7. The second-order valence-electron chi connectivity index (χ2n) is 6.63. The van der Waals surface area contributed by atoms with Gasteiger partial charge in [-0.25, -0.2) is 4.39 Å². The van der Waals surface area contributed by atoms with Gasteiger partial charge >= 0.3 is 0 Å². The number of rotatable bonds is 2. The van der Waals surface area contributed by atoms with Crippen molar-refractivity contribution in [2.24, 2.45) is 0 Å². The molecule has 1 aromatic carbocycles. The number of ether oxygens (including phenoxy) is 3. The standard InChI is InChI=1S/C17H20FNO5/c1-9-4-13-14(16(15(9)18)24-12-2-3-22-8-12)17(21)19-6-11(20)5-10(19)7-23-13/h4,10-12,20H,2-3,5-8H2,1H3/t10-,11+,12-/m1/s1. The molecule has 0 bridgehead atoms. The SMILES string of the molecule is Cc1cc2c(c(O[C@@H]3CCOC3)c1F)C(=O)N1C[C@@H](O)C[C@@H]1CO2. The van der Waals surface area contributed by atoms with Crippen molar-refractivity contribution in [2.75, 3.05) is 26.4 Å². The number of amides is 1. The number of hydrogen-bond acceptors (Lipinski definition) is 5. The van der Waals surface area contributed by atoms with Crippen LogP contribution in [0.25, 0.3) is 0 Å². The highest BCUT2D eigenvalue weighted by Crippen LogP contribution is 2.39. The Kier molecular flexibility index (Phi) is 3.85. The number of aryl methyl sites for hydroxylation is 1. The van der Waals surface area contributed by atoms with Crippen LogP contribution in [0.4, 0.5) is 4.39 Å². The van der Waals surface area contributed by atoms with E-state index in [-0.39, 0.29) is 42.5 Å². The van der Waals surface area contributed by atoms with Crippen LogP contribution in [-0.2, 0) is 4.74 Å². The van der Waals surface area contributed by atoms with Gasteiger partial charge in [-0.15, -0.1) is 0 Å². The molecule has 0 aromatic heterocycles. The zero-order valence-corrected chi connectivity index (χ0v) is 13.5. The van der Waals surface area contributed by atoms with Crippen LogP contribution in [0.15, 0.2) is 6.07 Å². The van der Waals surface area contributed by atoms with E-state index in [0.717, 1.165) is 0 Å². The Balaban J connectivity index is 1.77. The van der Waals surface area contributed by atoms with Crippen molar-refractivity contribution in [1.29, 1.82) is 0 Å². The van der Waals surface area contributed by atoms with Crippen LogP contribution in [0.2, 0.25) is 0 Å². The van der Waals surface area contributed by atoms with Gasteiger partial charge in [0.1, 0.15) is 24.0 Å². The maximum Gasteiger partial charge on any atom is 0.261 e. The van der Waals surface area contributed by atoms with Crippen LogP contribution in [-0.4, -0.2) is 60.5 Å². The predicted molar refractivity (Wildman–Crippen MR) is 81.9 cm³/mol.